The van der Waals surface area contributed by atoms with E-state index in [1.165, 1.54) is 6.33 Å². The van der Waals surface area contributed by atoms with E-state index in [4.69, 9.17) is 5.11 Å². The minimum Gasteiger partial charge on any atom is -0.392 e. The fourth-order valence-electron chi connectivity index (χ4n) is 1.39. The van der Waals surface area contributed by atoms with Crippen LogP contribution in [0.15, 0.2) is 41.3 Å². The van der Waals surface area contributed by atoms with Gasteiger partial charge in [0.15, 0.2) is 0 Å². The first-order valence-corrected chi connectivity index (χ1v) is 5.97. The van der Waals surface area contributed by atoms with Gasteiger partial charge in [-0.1, -0.05) is 24.3 Å². The second kappa shape index (κ2) is 5.75. The number of anilines is 1. The maximum Gasteiger partial charge on any atom is 0.130 e. The molecule has 0 radical (unpaired) electrons. The molecule has 88 valence electrons. The monoisotopic (exact) mass is 293 g/mol. The number of hydrogen-bond donors (Lipinski definition) is 2. The predicted molar refractivity (Wildman–Crippen MR) is 69.4 cm³/mol. The highest BCUT2D eigenvalue weighted by atomic mass is 79.9. The van der Waals surface area contributed by atoms with Gasteiger partial charge in [0.1, 0.15) is 16.7 Å². The molecule has 1 heterocycles. The lowest BCUT2D eigenvalue weighted by molar-refractivity contribution is 0.282. The molecule has 0 saturated carbocycles. The first-order chi connectivity index (χ1) is 8.28. The lowest BCUT2D eigenvalue weighted by Crippen LogP contribution is -2.01. The first-order valence-electron chi connectivity index (χ1n) is 5.18. The Morgan fingerprint density at radius 2 is 1.82 bits per heavy atom. The molecule has 2 aromatic rings. The van der Waals surface area contributed by atoms with Crippen LogP contribution in [0.4, 0.5) is 5.82 Å². The smallest absolute Gasteiger partial charge is 0.130 e. The van der Waals surface area contributed by atoms with E-state index in [0.29, 0.717) is 6.54 Å². The molecule has 2 N–H and O–H groups in total. The molecule has 2 rings (SSSR count). The maximum atomic E-state index is 8.93. The van der Waals surface area contributed by atoms with E-state index in [9.17, 15) is 0 Å². The van der Waals surface area contributed by atoms with E-state index in [0.717, 1.165) is 21.5 Å². The third-order valence-corrected chi connectivity index (χ3v) is 2.75. The predicted octanol–water partition coefficient (Wildman–Crippen LogP) is 2.34. The van der Waals surface area contributed by atoms with E-state index >= 15 is 0 Å². The quantitative estimate of drug-likeness (QED) is 0.850. The molecule has 17 heavy (non-hydrogen) atoms. The van der Waals surface area contributed by atoms with Gasteiger partial charge >= 0.3 is 0 Å². The van der Waals surface area contributed by atoms with Crippen LogP contribution in [0.2, 0.25) is 0 Å². The van der Waals surface area contributed by atoms with Crippen molar-refractivity contribution in [2.45, 2.75) is 13.2 Å². The fourth-order valence-corrected chi connectivity index (χ4v) is 1.69. The number of aliphatic hydroxyl groups excluding tert-OH is 1. The normalized spacial score (nSPS) is 10.2. The van der Waals surface area contributed by atoms with Crippen molar-refractivity contribution in [2.75, 3.05) is 5.32 Å². The van der Waals surface area contributed by atoms with Gasteiger partial charge in [0.05, 0.1) is 6.61 Å². The molecule has 0 unspecified atom stereocenters. The zero-order valence-electron chi connectivity index (χ0n) is 9.10. The van der Waals surface area contributed by atoms with Crippen molar-refractivity contribution in [3.63, 3.8) is 0 Å². The number of aliphatic hydroxyl groups is 1. The van der Waals surface area contributed by atoms with Crippen molar-refractivity contribution in [2.24, 2.45) is 0 Å². The van der Waals surface area contributed by atoms with Crippen LogP contribution in [0.1, 0.15) is 11.1 Å². The van der Waals surface area contributed by atoms with Gasteiger partial charge in [-0.15, -0.1) is 0 Å². The van der Waals surface area contributed by atoms with Crippen LogP contribution in [-0.2, 0) is 13.2 Å². The van der Waals surface area contributed by atoms with Crippen molar-refractivity contribution in [3.05, 3.63) is 52.4 Å². The van der Waals surface area contributed by atoms with Gasteiger partial charge in [0, 0.05) is 12.6 Å². The van der Waals surface area contributed by atoms with E-state index in [-0.39, 0.29) is 6.61 Å². The van der Waals surface area contributed by atoms with Crippen molar-refractivity contribution >= 4 is 21.7 Å². The summed E-state index contributed by atoms with van der Waals surface area (Å²) in [7, 11) is 0. The lowest BCUT2D eigenvalue weighted by Gasteiger charge is -2.06. The Morgan fingerprint density at radius 1 is 1.12 bits per heavy atom. The summed E-state index contributed by atoms with van der Waals surface area (Å²) in [5.41, 5.74) is 2.05. The average Bonchev–Trinajstić information content (AvgIpc) is 2.37. The molecule has 0 aliphatic carbocycles. The van der Waals surface area contributed by atoms with Crippen molar-refractivity contribution in [3.8, 4) is 0 Å². The molecule has 0 bridgehead atoms. The van der Waals surface area contributed by atoms with Crippen LogP contribution in [0.3, 0.4) is 0 Å². The number of benzene rings is 1. The molecular weight excluding hydrogens is 282 g/mol. The number of nitrogens with one attached hydrogen (secondary N) is 1. The van der Waals surface area contributed by atoms with Crippen LogP contribution >= 0.6 is 15.9 Å². The molecule has 5 heteroatoms. The van der Waals surface area contributed by atoms with E-state index in [2.05, 4.69) is 31.2 Å². The standard InChI is InChI=1S/C12H12BrN3O/c13-11-5-12(16-8-15-11)14-6-9-1-3-10(7-17)4-2-9/h1-5,8,17H,6-7H2,(H,14,15,16). The molecule has 0 spiro atoms. The number of aromatic nitrogens is 2. The molecule has 0 aliphatic heterocycles. The Morgan fingerprint density at radius 3 is 2.47 bits per heavy atom. The molecule has 0 atom stereocenters. The number of rotatable bonds is 4. The third kappa shape index (κ3) is 3.51. The molecule has 0 fully saturated rings. The summed E-state index contributed by atoms with van der Waals surface area (Å²) >= 11 is 3.29. The van der Waals surface area contributed by atoms with Gasteiger partial charge in [0.25, 0.3) is 0 Å². The Balaban J connectivity index is 1.97. The molecular formula is C12H12BrN3O. The zero-order valence-corrected chi connectivity index (χ0v) is 10.7. The topological polar surface area (TPSA) is 58.0 Å². The van der Waals surface area contributed by atoms with Gasteiger partial charge in [0.2, 0.25) is 0 Å². The molecule has 1 aromatic carbocycles. The van der Waals surface area contributed by atoms with Crippen LogP contribution < -0.4 is 5.32 Å². The van der Waals surface area contributed by atoms with E-state index in [1.807, 2.05) is 30.3 Å². The van der Waals surface area contributed by atoms with Gasteiger partial charge in [-0.05, 0) is 27.1 Å². The van der Waals surface area contributed by atoms with Gasteiger partial charge in [-0.2, -0.15) is 0 Å². The van der Waals surface area contributed by atoms with Crippen LogP contribution in [-0.4, -0.2) is 15.1 Å². The fraction of sp³-hybridized carbons (Fsp3) is 0.167. The lowest BCUT2D eigenvalue weighted by atomic mass is 10.1. The average molecular weight is 294 g/mol. The third-order valence-electron chi connectivity index (χ3n) is 2.31. The Kier molecular flexibility index (Phi) is 4.06. The molecule has 0 aliphatic rings. The summed E-state index contributed by atoms with van der Waals surface area (Å²) in [4.78, 5) is 8.05. The van der Waals surface area contributed by atoms with Crippen molar-refractivity contribution in [1.29, 1.82) is 0 Å². The largest absolute Gasteiger partial charge is 0.392 e. The molecule has 0 amide bonds. The summed E-state index contributed by atoms with van der Waals surface area (Å²) in [6, 6.07) is 9.60. The maximum absolute atomic E-state index is 8.93. The highest BCUT2D eigenvalue weighted by molar-refractivity contribution is 9.10. The minimum atomic E-state index is 0.0760. The summed E-state index contributed by atoms with van der Waals surface area (Å²) in [6.45, 7) is 0.766. The van der Waals surface area contributed by atoms with Gasteiger partial charge in [-0.3, -0.25) is 0 Å². The highest BCUT2D eigenvalue weighted by Crippen LogP contribution is 2.11. The van der Waals surface area contributed by atoms with E-state index < -0.39 is 0 Å². The Bertz CT molecular complexity index is 487. The van der Waals surface area contributed by atoms with Crippen LogP contribution in [0.25, 0.3) is 0 Å². The highest BCUT2D eigenvalue weighted by Gasteiger charge is 1.97. The summed E-state index contributed by atoms with van der Waals surface area (Å²) in [5, 5.41) is 12.1. The molecule has 4 nitrogen and oxygen atoms in total. The van der Waals surface area contributed by atoms with Gasteiger partial charge < -0.3 is 10.4 Å². The number of hydrogen-bond acceptors (Lipinski definition) is 4. The Labute approximate surface area is 108 Å². The minimum absolute atomic E-state index is 0.0760. The number of halogens is 1. The number of nitrogens with zero attached hydrogens (tertiary/aromatic N) is 2. The van der Waals surface area contributed by atoms with Crippen molar-refractivity contribution in [1.82, 2.24) is 9.97 Å². The molecule has 0 saturated heterocycles. The Hall–Kier alpha value is -1.46. The first kappa shape index (κ1) is 12.0. The van der Waals surface area contributed by atoms with Crippen molar-refractivity contribution < 1.29 is 5.11 Å². The summed E-state index contributed by atoms with van der Waals surface area (Å²) < 4.78 is 0.755. The summed E-state index contributed by atoms with van der Waals surface area (Å²) in [6.07, 6.45) is 1.50. The molecule has 1 aromatic heterocycles. The SMILES string of the molecule is OCc1ccc(CNc2cc(Br)ncn2)cc1. The second-order valence-electron chi connectivity index (χ2n) is 3.55. The van der Waals surface area contributed by atoms with Crippen LogP contribution in [0.5, 0.6) is 0 Å². The zero-order chi connectivity index (χ0) is 12.1. The second-order valence-corrected chi connectivity index (χ2v) is 4.37. The van der Waals surface area contributed by atoms with Crippen LogP contribution in [0, 0.1) is 0 Å². The van der Waals surface area contributed by atoms with E-state index in [1.54, 1.807) is 0 Å². The summed E-state index contributed by atoms with van der Waals surface area (Å²) in [5.74, 6) is 0.776. The van der Waals surface area contributed by atoms with Gasteiger partial charge in [-0.25, -0.2) is 9.97 Å².